The van der Waals surface area contributed by atoms with Gasteiger partial charge in [0, 0.05) is 18.8 Å². The first-order valence-corrected chi connectivity index (χ1v) is 8.78. The highest BCUT2D eigenvalue weighted by atomic mass is 32.2. The van der Waals surface area contributed by atoms with Crippen molar-refractivity contribution in [2.45, 2.75) is 30.3 Å². The van der Waals surface area contributed by atoms with E-state index in [1.54, 1.807) is 12.1 Å². The number of nitrogens with one attached hydrogen (secondary N) is 1. The quantitative estimate of drug-likeness (QED) is 0.887. The summed E-state index contributed by atoms with van der Waals surface area (Å²) in [7, 11) is -2.04. The number of sulfonamides is 1. The molecule has 0 saturated heterocycles. The summed E-state index contributed by atoms with van der Waals surface area (Å²) in [6.07, 6.45) is 3.73. The van der Waals surface area contributed by atoms with Gasteiger partial charge >= 0.3 is 0 Å². The number of benzene rings is 1. The first kappa shape index (κ1) is 15.0. The fourth-order valence-electron chi connectivity index (χ4n) is 2.38. The lowest BCUT2D eigenvalue weighted by atomic mass is 10.2. The smallest absolute Gasteiger partial charge is 0.241 e. The van der Waals surface area contributed by atoms with Gasteiger partial charge in [-0.15, -0.1) is 0 Å². The van der Waals surface area contributed by atoms with Crippen LogP contribution in [0, 0.1) is 0 Å². The van der Waals surface area contributed by atoms with Crippen molar-refractivity contribution in [3.05, 3.63) is 54.2 Å². The predicted octanol–water partition coefficient (Wildman–Crippen LogP) is 2.16. The van der Waals surface area contributed by atoms with Crippen LogP contribution in [0.2, 0.25) is 0 Å². The highest BCUT2D eigenvalue weighted by molar-refractivity contribution is 7.89. The van der Waals surface area contributed by atoms with Gasteiger partial charge in [0.25, 0.3) is 0 Å². The third-order valence-corrected chi connectivity index (χ3v) is 5.18. The van der Waals surface area contributed by atoms with E-state index in [0.29, 0.717) is 6.04 Å². The summed E-state index contributed by atoms with van der Waals surface area (Å²) in [5, 5.41) is 0. The Hall–Kier alpha value is -1.92. The molecule has 3 rings (SSSR count). The van der Waals surface area contributed by atoms with Crippen molar-refractivity contribution in [3.8, 4) is 0 Å². The largest absolute Gasteiger partial charge is 0.349 e. The lowest BCUT2D eigenvalue weighted by molar-refractivity contribution is 0.588. The molecule has 1 aromatic carbocycles. The van der Waals surface area contributed by atoms with E-state index >= 15 is 0 Å². The molecule has 22 heavy (non-hydrogen) atoms. The number of hydrogen-bond acceptors (Lipinski definition) is 4. The minimum atomic E-state index is -3.44. The molecule has 0 bridgehead atoms. The van der Waals surface area contributed by atoms with Gasteiger partial charge in [-0.1, -0.05) is 30.3 Å². The first-order valence-electron chi connectivity index (χ1n) is 7.30. The maximum absolute atomic E-state index is 11.8. The zero-order valence-electron chi connectivity index (χ0n) is 12.4. The Morgan fingerprint density at radius 1 is 1.18 bits per heavy atom. The molecule has 0 atom stereocenters. The maximum atomic E-state index is 11.8. The van der Waals surface area contributed by atoms with Crippen LogP contribution >= 0.6 is 0 Å². The van der Waals surface area contributed by atoms with Gasteiger partial charge < -0.3 is 4.90 Å². The highest BCUT2D eigenvalue weighted by Gasteiger charge is 2.30. The van der Waals surface area contributed by atoms with E-state index in [1.807, 2.05) is 18.2 Å². The SMILES string of the molecule is CNS(=O)(=O)c1ccc(N(Cc2ccccc2)C2CC2)nc1. The van der Waals surface area contributed by atoms with Crippen LogP contribution in [0.5, 0.6) is 0 Å². The summed E-state index contributed by atoms with van der Waals surface area (Å²) in [5.74, 6) is 0.821. The lowest BCUT2D eigenvalue weighted by Gasteiger charge is -2.23. The normalized spacial score (nSPS) is 14.8. The van der Waals surface area contributed by atoms with Crippen molar-refractivity contribution >= 4 is 15.8 Å². The second-order valence-corrected chi connectivity index (χ2v) is 7.29. The summed E-state index contributed by atoms with van der Waals surface area (Å²) < 4.78 is 25.8. The molecule has 1 N–H and O–H groups in total. The molecule has 0 amide bonds. The average molecular weight is 317 g/mol. The molecule has 1 aliphatic rings. The lowest BCUT2D eigenvalue weighted by Crippen LogP contribution is -2.26. The molecule has 1 aliphatic carbocycles. The molecular formula is C16H19N3O2S. The van der Waals surface area contributed by atoms with Crippen LogP contribution in [0.15, 0.2) is 53.6 Å². The zero-order chi connectivity index (χ0) is 15.6. The zero-order valence-corrected chi connectivity index (χ0v) is 13.3. The molecule has 0 radical (unpaired) electrons. The third-order valence-electron chi connectivity index (χ3n) is 3.78. The van der Waals surface area contributed by atoms with Crippen LogP contribution in [-0.4, -0.2) is 26.5 Å². The summed E-state index contributed by atoms with van der Waals surface area (Å²) in [6, 6.07) is 14.1. The maximum Gasteiger partial charge on any atom is 0.241 e. The van der Waals surface area contributed by atoms with Crippen molar-refractivity contribution in [1.29, 1.82) is 0 Å². The van der Waals surface area contributed by atoms with E-state index in [0.717, 1.165) is 25.2 Å². The molecule has 1 aromatic heterocycles. The van der Waals surface area contributed by atoms with Crippen LogP contribution in [0.4, 0.5) is 5.82 Å². The minimum absolute atomic E-state index is 0.189. The highest BCUT2D eigenvalue weighted by Crippen LogP contribution is 2.32. The van der Waals surface area contributed by atoms with Crippen molar-refractivity contribution in [1.82, 2.24) is 9.71 Å². The van der Waals surface area contributed by atoms with Gasteiger partial charge in [0.2, 0.25) is 10.0 Å². The minimum Gasteiger partial charge on any atom is -0.349 e. The molecule has 1 saturated carbocycles. The van der Waals surface area contributed by atoms with E-state index in [9.17, 15) is 8.42 Å². The molecule has 1 heterocycles. The second kappa shape index (κ2) is 6.06. The van der Waals surface area contributed by atoms with Gasteiger partial charge in [0.1, 0.15) is 10.7 Å². The predicted molar refractivity (Wildman–Crippen MR) is 86.1 cm³/mol. The number of hydrogen-bond donors (Lipinski definition) is 1. The van der Waals surface area contributed by atoms with E-state index in [-0.39, 0.29) is 4.90 Å². The van der Waals surface area contributed by atoms with Crippen molar-refractivity contribution in [2.24, 2.45) is 0 Å². The van der Waals surface area contributed by atoms with E-state index < -0.39 is 10.0 Å². The molecule has 1 fully saturated rings. The molecule has 0 unspecified atom stereocenters. The van der Waals surface area contributed by atoms with E-state index in [2.05, 4.69) is 26.7 Å². The van der Waals surface area contributed by atoms with E-state index in [4.69, 9.17) is 0 Å². The van der Waals surface area contributed by atoms with Crippen LogP contribution in [0.25, 0.3) is 0 Å². The number of rotatable bonds is 6. The summed E-state index contributed by atoms with van der Waals surface area (Å²) in [4.78, 5) is 6.79. The standard InChI is InChI=1S/C16H19N3O2S/c1-17-22(20,21)15-9-10-16(18-11-15)19(14-7-8-14)12-13-5-3-2-4-6-13/h2-6,9-11,14,17H,7-8,12H2,1H3. The first-order chi connectivity index (χ1) is 10.6. The Labute approximate surface area is 131 Å². The molecule has 0 aliphatic heterocycles. The third kappa shape index (κ3) is 3.28. The van der Waals surface area contributed by atoms with Crippen LogP contribution in [0.1, 0.15) is 18.4 Å². The number of aromatic nitrogens is 1. The van der Waals surface area contributed by atoms with Gasteiger partial charge in [-0.3, -0.25) is 0 Å². The summed E-state index contributed by atoms with van der Waals surface area (Å²) >= 11 is 0. The Bertz CT molecular complexity index is 726. The van der Waals surface area contributed by atoms with Gasteiger partial charge in [-0.2, -0.15) is 0 Å². The van der Waals surface area contributed by atoms with Crippen molar-refractivity contribution in [3.63, 3.8) is 0 Å². The molecule has 2 aromatic rings. The summed E-state index contributed by atoms with van der Waals surface area (Å²) in [6.45, 7) is 0.788. The molecule has 6 heteroatoms. The Kier molecular flexibility index (Phi) is 4.13. The monoisotopic (exact) mass is 317 g/mol. The molecular weight excluding hydrogens is 298 g/mol. The number of anilines is 1. The van der Waals surface area contributed by atoms with Crippen LogP contribution < -0.4 is 9.62 Å². The van der Waals surface area contributed by atoms with Gasteiger partial charge in [0.05, 0.1) is 0 Å². The second-order valence-electron chi connectivity index (χ2n) is 5.40. The van der Waals surface area contributed by atoms with Gasteiger partial charge in [0.15, 0.2) is 0 Å². The Morgan fingerprint density at radius 2 is 1.91 bits per heavy atom. The average Bonchev–Trinajstić information content (AvgIpc) is 3.38. The number of pyridine rings is 1. The van der Waals surface area contributed by atoms with Crippen molar-refractivity contribution in [2.75, 3.05) is 11.9 Å². The molecule has 0 spiro atoms. The number of nitrogens with zero attached hydrogens (tertiary/aromatic N) is 2. The fourth-order valence-corrected chi connectivity index (χ4v) is 3.06. The Balaban J connectivity index is 1.83. The molecule has 116 valence electrons. The van der Waals surface area contributed by atoms with Gasteiger partial charge in [-0.25, -0.2) is 18.1 Å². The Morgan fingerprint density at radius 3 is 2.45 bits per heavy atom. The topological polar surface area (TPSA) is 62.3 Å². The van der Waals surface area contributed by atoms with E-state index in [1.165, 1.54) is 18.8 Å². The van der Waals surface area contributed by atoms with Crippen LogP contribution in [0.3, 0.4) is 0 Å². The van der Waals surface area contributed by atoms with Crippen molar-refractivity contribution < 1.29 is 8.42 Å². The summed E-state index contributed by atoms with van der Waals surface area (Å²) in [5.41, 5.74) is 1.23. The van der Waals surface area contributed by atoms with Gasteiger partial charge in [-0.05, 0) is 37.6 Å². The van der Waals surface area contributed by atoms with Crippen LogP contribution in [-0.2, 0) is 16.6 Å². The fraction of sp³-hybridized carbons (Fsp3) is 0.312. The molecule has 5 nitrogen and oxygen atoms in total.